The molecule has 0 saturated carbocycles. The van der Waals surface area contributed by atoms with E-state index in [-0.39, 0.29) is 5.91 Å². The molecule has 5 heteroatoms. The molecule has 0 spiro atoms. The number of amides is 1. The van der Waals surface area contributed by atoms with Crippen LogP contribution in [0.2, 0.25) is 10.0 Å². The van der Waals surface area contributed by atoms with E-state index in [1.165, 1.54) is 0 Å². The molecule has 1 amide bonds. The van der Waals surface area contributed by atoms with Crippen molar-refractivity contribution >= 4 is 34.8 Å². The highest BCUT2D eigenvalue weighted by atomic mass is 35.5. The number of hydrogen-bond acceptors (Lipinski definition) is 2. The lowest BCUT2D eigenvalue weighted by molar-refractivity contribution is -0.117. The normalized spacial score (nSPS) is 17.8. The van der Waals surface area contributed by atoms with Crippen molar-refractivity contribution < 1.29 is 4.79 Å². The van der Waals surface area contributed by atoms with Gasteiger partial charge in [0.15, 0.2) is 0 Å². The number of anilines is 1. The summed E-state index contributed by atoms with van der Waals surface area (Å²) in [6.45, 7) is 4.28. The highest BCUT2D eigenvalue weighted by Gasteiger charge is 2.22. The highest BCUT2D eigenvalue weighted by molar-refractivity contribution is 6.42. The van der Waals surface area contributed by atoms with Gasteiger partial charge in [0, 0.05) is 12.1 Å². The number of piperidine rings is 1. The first-order valence-electron chi connectivity index (χ1n) is 7.02. The third-order valence-corrected chi connectivity index (χ3v) is 4.64. The lowest BCUT2D eigenvalue weighted by Crippen LogP contribution is -2.32. The van der Waals surface area contributed by atoms with Crippen molar-refractivity contribution in [2.75, 3.05) is 18.4 Å². The van der Waals surface area contributed by atoms with E-state index in [0.717, 1.165) is 25.9 Å². The van der Waals surface area contributed by atoms with Gasteiger partial charge in [0.25, 0.3) is 0 Å². The molecule has 0 aliphatic carbocycles. The van der Waals surface area contributed by atoms with Gasteiger partial charge < -0.3 is 10.6 Å². The molecule has 110 valence electrons. The Morgan fingerprint density at radius 3 is 2.70 bits per heavy atom. The van der Waals surface area contributed by atoms with E-state index in [1.807, 2.05) is 0 Å². The van der Waals surface area contributed by atoms with Crippen molar-refractivity contribution in [3.8, 4) is 0 Å². The van der Waals surface area contributed by atoms with E-state index >= 15 is 0 Å². The minimum absolute atomic E-state index is 0.0365. The van der Waals surface area contributed by atoms with E-state index in [2.05, 4.69) is 17.6 Å². The third-order valence-electron chi connectivity index (χ3n) is 3.90. The van der Waals surface area contributed by atoms with Crippen molar-refractivity contribution in [1.29, 1.82) is 0 Å². The Hall–Kier alpha value is -0.770. The van der Waals surface area contributed by atoms with Crippen LogP contribution in [0.25, 0.3) is 0 Å². The molecule has 0 radical (unpaired) electrons. The van der Waals surface area contributed by atoms with E-state index in [1.54, 1.807) is 18.2 Å². The van der Waals surface area contributed by atoms with Gasteiger partial charge in [0.05, 0.1) is 10.0 Å². The fourth-order valence-electron chi connectivity index (χ4n) is 2.66. The van der Waals surface area contributed by atoms with E-state index in [4.69, 9.17) is 23.2 Å². The summed E-state index contributed by atoms with van der Waals surface area (Å²) in [7, 11) is 0. The van der Waals surface area contributed by atoms with Crippen LogP contribution in [0, 0.1) is 11.8 Å². The van der Waals surface area contributed by atoms with Crippen LogP contribution in [0.1, 0.15) is 26.2 Å². The molecule has 1 aliphatic rings. The Morgan fingerprint density at radius 1 is 1.35 bits per heavy atom. The van der Waals surface area contributed by atoms with Gasteiger partial charge in [-0.25, -0.2) is 0 Å². The van der Waals surface area contributed by atoms with Crippen LogP contribution in [-0.4, -0.2) is 19.0 Å². The van der Waals surface area contributed by atoms with Crippen LogP contribution in [0.5, 0.6) is 0 Å². The molecular weight excluding hydrogens is 295 g/mol. The number of nitrogens with one attached hydrogen (secondary N) is 2. The summed E-state index contributed by atoms with van der Waals surface area (Å²) < 4.78 is 0. The fourth-order valence-corrected chi connectivity index (χ4v) is 2.96. The number of rotatable bonds is 4. The Morgan fingerprint density at radius 2 is 2.05 bits per heavy atom. The average Bonchev–Trinajstić information content (AvgIpc) is 2.44. The molecule has 2 rings (SSSR count). The maximum atomic E-state index is 12.1. The van der Waals surface area contributed by atoms with Crippen LogP contribution >= 0.6 is 23.2 Å². The molecule has 3 nitrogen and oxygen atoms in total. The third kappa shape index (κ3) is 4.37. The smallest absolute Gasteiger partial charge is 0.224 e. The number of hydrogen-bond donors (Lipinski definition) is 2. The largest absolute Gasteiger partial charge is 0.326 e. The standard InChI is InChI=1S/C15H20Cl2N2O/c1-10(11-4-6-18-7-5-11)8-15(20)19-12-2-3-13(16)14(17)9-12/h2-3,9-11,18H,4-8H2,1H3,(H,19,20). The Balaban J connectivity index is 1.86. The molecular formula is C15H20Cl2N2O. The molecule has 2 N–H and O–H groups in total. The van der Waals surface area contributed by atoms with Crippen molar-refractivity contribution in [3.05, 3.63) is 28.2 Å². The zero-order chi connectivity index (χ0) is 14.5. The second-order valence-electron chi connectivity index (χ2n) is 5.45. The van der Waals surface area contributed by atoms with Crippen molar-refractivity contribution in [3.63, 3.8) is 0 Å². The number of benzene rings is 1. The second kappa shape index (κ2) is 7.30. The maximum Gasteiger partial charge on any atom is 0.224 e. The van der Waals surface area contributed by atoms with Crippen molar-refractivity contribution in [2.24, 2.45) is 11.8 Å². The van der Waals surface area contributed by atoms with Gasteiger partial charge in [-0.1, -0.05) is 30.1 Å². The quantitative estimate of drug-likeness (QED) is 0.883. The highest BCUT2D eigenvalue weighted by Crippen LogP contribution is 2.27. The first-order chi connectivity index (χ1) is 9.56. The second-order valence-corrected chi connectivity index (χ2v) is 6.26. The van der Waals surface area contributed by atoms with Crippen LogP contribution in [0.3, 0.4) is 0 Å². The molecule has 1 unspecified atom stereocenters. The average molecular weight is 315 g/mol. The number of halogens is 2. The summed E-state index contributed by atoms with van der Waals surface area (Å²) in [6.07, 6.45) is 2.85. The molecule has 1 atom stereocenters. The maximum absolute atomic E-state index is 12.1. The summed E-state index contributed by atoms with van der Waals surface area (Å²) in [4.78, 5) is 12.1. The van der Waals surface area contributed by atoms with Gasteiger partial charge in [-0.2, -0.15) is 0 Å². The molecule has 20 heavy (non-hydrogen) atoms. The SMILES string of the molecule is CC(CC(=O)Nc1ccc(Cl)c(Cl)c1)C1CCNCC1. The zero-order valence-electron chi connectivity index (χ0n) is 11.6. The molecule has 1 saturated heterocycles. The lowest BCUT2D eigenvalue weighted by Gasteiger charge is -2.27. The van der Waals surface area contributed by atoms with Gasteiger partial charge in [-0.15, -0.1) is 0 Å². The van der Waals surface area contributed by atoms with Gasteiger partial charge in [-0.3, -0.25) is 4.79 Å². The number of carbonyl (C=O) groups is 1. The summed E-state index contributed by atoms with van der Waals surface area (Å²) in [5.41, 5.74) is 0.696. The summed E-state index contributed by atoms with van der Waals surface area (Å²) in [5.74, 6) is 1.07. The summed E-state index contributed by atoms with van der Waals surface area (Å²) in [6, 6.07) is 5.13. The van der Waals surface area contributed by atoms with Crippen LogP contribution in [0.15, 0.2) is 18.2 Å². The number of carbonyl (C=O) groups excluding carboxylic acids is 1. The Bertz CT molecular complexity index is 473. The molecule has 1 aromatic carbocycles. The predicted molar refractivity (Wildman–Crippen MR) is 84.5 cm³/mol. The van der Waals surface area contributed by atoms with Crippen LogP contribution in [-0.2, 0) is 4.79 Å². The molecule has 1 aromatic rings. The topological polar surface area (TPSA) is 41.1 Å². The summed E-state index contributed by atoms with van der Waals surface area (Å²) >= 11 is 11.8. The molecule has 0 aromatic heterocycles. The van der Waals surface area contributed by atoms with E-state index in [0.29, 0.717) is 34.0 Å². The van der Waals surface area contributed by atoms with Gasteiger partial charge in [0.1, 0.15) is 0 Å². The van der Waals surface area contributed by atoms with Gasteiger partial charge in [0.2, 0.25) is 5.91 Å². The molecule has 1 heterocycles. The van der Waals surface area contributed by atoms with E-state index < -0.39 is 0 Å². The predicted octanol–water partition coefficient (Wildman–Crippen LogP) is 3.96. The lowest BCUT2D eigenvalue weighted by atomic mass is 9.84. The van der Waals surface area contributed by atoms with Crippen LogP contribution in [0.4, 0.5) is 5.69 Å². The zero-order valence-corrected chi connectivity index (χ0v) is 13.1. The fraction of sp³-hybridized carbons (Fsp3) is 0.533. The first-order valence-corrected chi connectivity index (χ1v) is 7.77. The Kier molecular flexibility index (Phi) is 5.70. The Labute approximate surface area is 130 Å². The van der Waals surface area contributed by atoms with Gasteiger partial charge >= 0.3 is 0 Å². The van der Waals surface area contributed by atoms with Crippen molar-refractivity contribution in [1.82, 2.24) is 5.32 Å². The molecule has 1 fully saturated rings. The van der Waals surface area contributed by atoms with Gasteiger partial charge in [-0.05, 0) is 56.0 Å². The molecule has 0 bridgehead atoms. The van der Waals surface area contributed by atoms with Crippen LogP contribution < -0.4 is 10.6 Å². The monoisotopic (exact) mass is 314 g/mol. The van der Waals surface area contributed by atoms with Crippen molar-refractivity contribution in [2.45, 2.75) is 26.2 Å². The summed E-state index contributed by atoms with van der Waals surface area (Å²) in [5, 5.41) is 7.18. The minimum Gasteiger partial charge on any atom is -0.326 e. The molecule has 1 aliphatic heterocycles. The minimum atomic E-state index is 0.0365. The first kappa shape index (κ1) is 15.6. The van der Waals surface area contributed by atoms with E-state index in [9.17, 15) is 4.79 Å².